The van der Waals surface area contributed by atoms with Crippen LogP contribution in [0.15, 0.2) is 30.6 Å². The third-order valence-corrected chi connectivity index (χ3v) is 2.87. The lowest BCUT2D eigenvalue weighted by molar-refractivity contribution is 0.251. The van der Waals surface area contributed by atoms with Crippen LogP contribution in [0.3, 0.4) is 0 Å². The number of hydrogen-bond donors (Lipinski definition) is 2. The molecule has 0 aliphatic carbocycles. The maximum Gasteiger partial charge on any atom is 0.319 e. The number of nitrogens with zero attached hydrogens (tertiary/aromatic N) is 2. The lowest BCUT2D eigenvalue weighted by atomic mass is 10.2. The Balaban J connectivity index is 1.95. The molecule has 0 fully saturated rings. The van der Waals surface area contributed by atoms with E-state index in [0.717, 1.165) is 11.3 Å². The Hall–Kier alpha value is -2.63. The highest BCUT2D eigenvalue weighted by Crippen LogP contribution is 2.24. The first-order valence-electron chi connectivity index (χ1n) is 6.55. The number of carbonyl (C=O) groups is 1. The molecule has 0 atom stereocenters. The highest BCUT2D eigenvalue weighted by atomic mass is 16.5. The number of carbonyl (C=O) groups excluding carboxylic acids is 1. The molecule has 0 aliphatic rings. The van der Waals surface area contributed by atoms with Gasteiger partial charge in [-0.1, -0.05) is 6.07 Å². The summed E-state index contributed by atoms with van der Waals surface area (Å²) in [4.78, 5) is 20.2. The zero-order valence-electron chi connectivity index (χ0n) is 12.3. The Bertz CT molecular complexity index is 626. The van der Waals surface area contributed by atoms with Crippen molar-refractivity contribution < 1.29 is 9.53 Å². The van der Waals surface area contributed by atoms with Gasteiger partial charge in [0.15, 0.2) is 0 Å². The van der Waals surface area contributed by atoms with Crippen molar-refractivity contribution in [2.45, 2.75) is 20.4 Å². The van der Waals surface area contributed by atoms with Gasteiger partial charge in [0.2, 0.25) is 0 Å². The minimum Gasteiger partial charge on any atom is -0.495 e. The van der Waals surface area contributed by atoms with Gasteiger partial charge in [-0.15, -0.1) is 0 Å². The van der Waals surface area contributed by atoms with E-state index in [-0.39, 0.29) is 6.03 Å². The zero-order valence-corrected chi connectivity index (χ0v) is 12.3. The number of benzene rings is 1. The maximum absolute atomic E-state index is 11.9. The van der Waals surface area contributed by atoms with Gasteiger partial charge in [0.25, 0.3) is 0 Å². The van der Waals surface area contributed by atoms with Crippen molar-refractivity contribution >= 4 is 11.7 Å². The molecular weight excluding hydrogens is 268 g/mol. The van der Waals surface area contributed by atoms with Crippen molar-refractivity contribution in [1.82, 2.24) is 15.3 Å². The normalized spacial score (nSPS) is 10.0. The zero-order chi connectivity index (χ0) is 15.2. The van der Waals surface area contributed by atoms with Crippen LogP contribution in [0.4, 0.5) is 10.5 Å². The quantitative estimate of drug-likeness (QED) is 0.905. The lowest BCUT2D eigenvalue weighted by Crippen LogP contribution is -2.28. The van der Waals surface area contributed by atoms with Crippen molar-refractivity contribution in [2.75, 3.05) is 12.4 Å². The number of urea groups is 1. The van der Waals surface area contributed by atoms with Crippen molar-refractivity contribution in [3.05, 3.63) is 47.5 Å². The van der Waals surface area contributed by atoms with Crippen molar-refractivity contribution in [2.24, 2.45) is 0 Å². The second-order valence-corrected chi connectivity index (χ2v) is 4.66. The molecule has 6 heteroatoms. The third kappa shape index (κ3) is 4.17. The Labute approximate surface area is 123 Å². The fraction of sp³-hybridized carbons (Fsp3) is 0.267. The molecule has 1 aromatic heterocycles. The fourth-order valence-corrected chi connectivity index (χ4v) is 1.77. The molecule has 2 aromatic rings. The van der Waals surface area contributed by atoms with Crippen LogP contribution in [0.2, 0.25) is 0 Å². The first kappa shape index (κ1) is 14.8. The summed E-state index contributed by atoms with van der Waals surface area (Å²) in [5, 5.41) is 5.49. The molecule has 0 spiro atoms. The van der Waals surface area contributed by atoms with E-state index in [1.807, 2.05) is 32.0 Å². The highest BCUT2D eigenvalue weighted by Gasteiger charge is 2.07. The summed E-state index contributed by atoms with van der Waals surface area (Å²) < 4.78 is 5.21. The molecule has 6 nitrogen and oxygen atoms in total. The molecule has 0 saturated heterocycles. The van der Waals surface area contributed by atoms with Crippen molar-refractivity contribution in [3.63, 3.8) is 0 Å². The summed E-state index contributed by atoms with van der Waals surface area (Å²) >= 11 is 0. The van der Waals surface area contributed by atoms with E-state index in [9.17, 15) is 4.79 Å². The van der Waals surface area contributed by atoms with Crippen LogP contribution in [0, 0.1) is 13.8 Å². The number of ether oxygens (including phenoxy) is 1. The summed E-state index contributed by atoms with van der Waals surface area (Å²) in [6.07, 6.45) is 3.31. The standard InChI is InChI=1S/C15H18N4O2/c1-10-4-5-14(21-3)13(6-10)19-15(20)18-9-12-8-16-11(2)7-17-12/h4-8H,9H2,1-3H3,(H2,18,19,20). The topological polar surface area (TPSA) is 76.1 Å². The van der Waals surface area contributed by atoms with E-state index >= 15 is 0 Å². The molecule has 21 heavy (non-hydrogen) atoms. The van der Waals surface area contributed by atoms with Gasteiger partial charge in [-0.2, -0.15) is 0 Å². The lowest BCUT2D eigenvalue weighted by Gasteiger charge is -2.11. The molecule has 0 bridgehead atoms. The number of aryl methyl sites for hydroxylation is 2. The van der Waals surface area contributed by atoms with Gasteiger partial charge in [-0.3, -0.25) is 9.97 Å². The Morgan fingerprint density at radius 2 is 2.05 bits per heavy atom. The summed E-state index contributed by atoms with van der Waals surface area (Å²) in [6.45, 7) is 4.12. The molecule has 1 aromatic carbocycles. The van der Waals surface area contributed by atoms with Crippen LogP contribution in [0.5, 0.6) is 5.75 Å². The predicted molar refractivity (Wildman–Crippen MR) is 80.4 cm³/mol. The summed E-state index contributed by atoms with van der Waals surface area (Å²) in [5.41, 5.74) is 3.21. The van der Waals surface area contributed by atoms with Crippen LogP contribution in [0.25, 0.3) is 0 Å². The molecule has 0 saturated carbocycles. The number of nitrogens with one attached hydrogen (secondary N) is 2. The molecule has 2 rings (SSSR count). The molecule has 2 amide bonds. The fourth-order valence-electron chi connectivity index (χ4n) is 1.77. The van der Waals surface area contributed by atoms with Gasteiger partial charge in [0.05, 0.1) is 36.9 Å². The minimum absolute atomic E-state index is 0.313. The number of rotatable bonds is 4. The van der Waals surface area contributed by atoms with Crippen LogP contribution in [0.1, 0.15) is 17.0 Å². The van der Waals surface area contributed by atoms with Crippen molar-refractivity contribution in [3.8, 4) is 5.75 Å². The monoisotopic (exact) mass is 286 g/mol. The van der Waals surface area contributed by atoms with Gasteiger partial charge in [-0.05, 0) is 31.5 Å². The van der Waals surface area contributed by atoms with Crippen LogP contribution >= 0.6 is 0 Å². The van der Waals surface area contributed by atoms with Crippen LogP contribution in [-0.4, -0.2) is 23.1 Å². The van der Waals surface area contributed by atoms with Crippen molar-refractivity contribution in [1.29, 1.82) is 0 Å². The summed E-state index contributed by atoms with van der Waals surface area (Å²) in [6, 6.07) is 5.27. The molecule has 2 N–H and O–H groups in total. The molecule has 0 aliphatic heterocycles. The number of methoxy groups -OCH3 is 1. The van der Waals surface area contributed by atoms with E-state index < -0.39 is 0 Å². The number of anilines is 1. The van der Waals surface area contributed by atoms with Gasteiger partial charge >= 0.3 is 6.03 Å². The largest absolute Gasteiger partial charge is 0.495 e. The average Bonchev–Trinajstić information content (AvgIpc) is 2.47. The van der Waals surface area contributed by atoms with Gasteiger partial charge in [0.1, 0.15) is 5.75 Å². The van der Waals surface area contributed by atoms with E-state index in [2.05, 4.69) is 20.6 Å². The minimum atomic E-state index is -0.318. The van der Waals surface area contributed by atoms with Crippen LogP contribution < -0.4 is 15.4 Å². The average molecular weight is 286 g/mol. The number of hydrogen-bond acceptors (Lipinski definition) is 4. The molecule has 0 radical (unpaired) electrons. The predicted octanol–water partition coefficient (Wildman–Crippen LogP) is 2.42. The second-order valence-electron chi connectivity index (χ2n) is 4.66. The van der Waals surface area contributed by atoms with E-state index in [1.54, 1.807) is 19.5 Å². The maximum atomic E-state index is 11.9. The summed E-state index contributed by atoms with van der Waals surface area (Å²) in [5.74, 6) is 0.617. The first-order valence-corrected chi connectivity index (χ1v) is 6.55. The van der Waals surface area contributed by atoms with Crippen LogP contribution in [-0.2, 0) is 6.54 Å². The van der Waals surface area contributed by atoms with E-state index in [0.29, 0.717) is 23.7 Å². The Morgan fingerprint density at radius 3 is 2.71 bits per heavy atom. The van der Waals surface area contributed by atoms with Gasteiger partial charge < -0.3 is 15.4 Å². The SMILES string of the molecule is COc1ccc(C)cc1NC(=O)NCc1cnc(C)cn1. The van der Waals surface area contributed by atoms with E-state index in [4.69, 9.17) is 4.74 Å². The number of amides is 2. The Morgan fingerprint density at radius 1 is 1.24 bits per heavy atom. The molecule has 0 unspecified atom stereocenters. The number of aromatic nitrogens is 2. The summed E-state index contributed by atoms with van der Waals surface area (Å²) in [7, 11) is 1.57. The second kappa shape index (κ2) is 6.69. The molecule has 110 valence electrons. The smallest absolute Gasteiger partial charge is 0.319 e. The molecule has 1 heterocycles. The molecular formula is C15H18N4O2. The third-order valence-electron chi connectivity index (χ3n) is 2.87. The van der Waals surface area contributed by atoms with Gasteiger partial charge in [-0.25, -0.2) is 4.79 Å². The Kier molecular flexibility index (Phi) is 4.71. The van der Waals surface area contributed by atoms with E-state index in [1.165, 1.54) is 0 Å². The van der Waals surface area contributed by atoms with Gasteiger partial charge in [0, 0.05) is 6.20 Å². The highest BCUT2D eigenvalue weighted by molar-refractivity contribution is 5.91. The first-order chi connectivity index (χ1) is 10.1.